The van der Waals surface area contributed by atoms with Crippen molar-refractivity contribution in [1.29, 1.82) is 0 Å². The van der Waals surface area contributed by atoms with Gasteiger partial charge in [0.15, 0.2) is 0 Å². The fourth-order valence-corrected chi connectivity index (χ4v) is 1.97. The molecule has 0 saturated carbocycles. The van der Waals surface area contributed by atoms with Crippen LogP contribution in [0.15, 0.2) is 6.20 Å². The Hall–Kier alpha value is -0.920. The molecule has 2 rings (SSSR count). The summed E-state index contributed by atoms with van der Waals surface area (Å²) >= 11 is 0. The Labute approximate surface area is 88.3 Å². The van der Waals surface area contributed by atoms with Gasteiger partial charge in [-0.1, -0.05) is 0 Å². The molecule has 84 valence electrons. The van der Waals surface area contributed by atoms with E-state index in [1.165, 1.54) is 0 Å². The summed E-state index contributed by atoms with van der Waals surface area (Å²) in [6.45, 7) is 0.858. The third-order valence-corrected chi connectivity index (χ3v) is 2.78. The molecule has 0 saturated heterocycles. The number of hydrogen-bond acceptors (Lipinski definition) is 4. The van der Waals surface area contributed by atoms with Crippen molar-refractivity contribution in [1.82, 2.24) is 9.55 Å². The van der Waals surface area contributed by atoms with E-state index in [-0.39, 0.29) is 6.61 Å². The van der Waals surface area contributed by atoms with Crippen LogP contribution in [-0.2, 0) is 34.1 Å². The van der Waals surface area contributed by atoms with Crippen LogP contribution in [0.25, 0.3) is 0 Å². The lowest BCUT2D eigenvalue weighted by Crippen LogP contribution is -2.15. The molecule has 0 radical (unpaired) electrons. The topological polar surface area (TPSA) is 87.2 Å². The first-order chi connectivity index (χ1) is 7.04. The molecule has 15 heavy (non-hydrogen) atoms. The molecule has 6 nitrogen and oxygen atoms in total. The van der Waals surface area contributed by atoms with Gasteiger partial charge in [0, 0.05) is 19.2 Å². The number of aromatic nitrogens is 2. The van der Waals surface area contributed by atoms with Crippen molar-refractivity contribution in [3.05, 3.63) is 17.7 Å². The lowest BCUT2D eigenvalue weighted by atomic mass is 10.2. The van der Waals surface area contributed by atoms with Gasteiger partial charge in [-0.15, -0.1) is 0 Å². The van der Waals surface area contributed by atoms with Gasteiger partial charge in [-0.3, -0.25) is 4.18 Å². The first kappa shape index (κ1) is 10.6. The molecule has 1 aromatic heterocycles. The van der Waals surface area contributed by atoms with Crippen LogP contribution in [-0.4, -0.2) is 18.0 Å². The van der Waals surface area contributed by atoms with Gasteiger partial charge in [-0.25, -0.2) is 10.1 Å². The van der Waals surface area contributed by atoms with E-state index < -0.39 is 10.3 Å². The number of rotatable bonds is 3. The molecule has 0 unspecified atom stereocenters. The summed E-state index contributed by atoms with van der Waals surface area (Å²) in [5.41, 5.74) is 0.612. The average molecular weight is 231 g/mol. The highest BCUT2D eigenvalue weighted by Crippen LogP contribution is 2.15. The third-order valence-electron chi connectivity index (χ3n) is 2.33. The third kappa shape index (κ3) is 2.77. The molecule has 0 atom stereocenters. The Morgan fingerprint density at radius 2 is 2.33 bits per heavy atom. The van der Waals surface area contributed by atoms with E-state index in [9.17, 15) is 8.42 Å². The minimum absolute atomic E-state index is 0.0845. The fraction of sp³-hybridized carbons (Fsp3) is 0.625. The maximum atomic E-state index is 10.6. The molecular weight excluding hydrogens is 218 g/mol. The second kappa shape index (κ2) is 3.92. The minimum Gasteiger partial charge on any atom is -0.335 e. The number of nitrogens with two attached hydrogens (primary N) is 1. The van der Waals surface area contributed by atoms with Gasteiger partial charge in [0.2, 0.25) is 0 Å². The van der Waals surface area contributed by atoms with E-state index in [2.05, 4.69) is 9.17 Å². The number of hydrogen-bond donors (Lipinski definition) is 1. The van der Waals surface area contributed by atoms with Crippen molar-refractivity contribution in [2.75, 3.05) is 0 Å². The predicted octanol–water partition coefficient (Wildman–Crippen LogP) is -0.0605. The van der Waals surface area contributed by atoms with Crippen LogP contribution >= 0.6 is 0 Å². The maximum Gasteiger partial charge on any atom is 0.333 e. The lowest BCUT2D eigenvalue weighted by molar-refractivity contribution is 0.304. The Bertz CT molecular complexity index is 428. The molecule has 2 N–H and O–H groups in total. The quantitative estimate of drug-likeness (QED) is 0.789. The highest BCUT2D eigenvalue weighted by Gasteiger charge is 2.13. The summed E-state index contributed by atoms with van der Waals surface area (Å²) in [6.07, 6.45) is 5.03. The van der Waals surface area contributed by atoms with Crippen LogP contribution in [0.1, 0.15) is 24.4 Å². The van der Waals surface area contributed by atoms with Gasteiger partial charge < -0.3 is 4.57 Å². The van der Waals surface area contributed by atoms with Crippen molar-refractivity contribution < 1.29 is 12.6 Å². The van der Waals surface area contributed by atoms with Crippen LogP contribution in [0.3, 0.4) is 0 Å². The molecule has 1 aromatic rings. The monoisotopic (exact) mass is 231 g/mol. The largest absolute Gasteiger partial charge is 0.335 e. The van der Waals surface area contributed by atoms with Gasteiger partial charge in [-0.05, 0) is 12.8 Å². The van der Waals surface area contributed by atoms with Crippen molar-refractivity contribution in [3.8, 4) is 0 Å². The smallest absolute Gasteiger partial charge is 0.333 e. The van der Waals surface area contributed by atoms with E-state index in [1.54, 1.807) is 0 Å². The molecule has 1 aliphatic rings. The zero-order chi connectivity index (χ0) is 10.9. The van der Waals surface area contributed by atoms with Gasteiger partial charge in [0.05, 0.1) is 5.69 Å². The molecule has 0 spiro atoms. The number of fused-ring (bicyclic) bond motifs is 1. The van der Waals surface area contributed by atoms with Crippen molar-refractivity contribution in [2.24, 2.45) is 5.14 Å². The lowest BCUT2D eigenvalue weighted by Gasteiger charge is -2.11. The molecule has 2 heterocycles. The molecular formula is C8H13N3O3S. The van der Waals surface area contributed by atoms with Crippen LogP contribution < -0.4 is 5.14 Å². The predicted molar refractivity (Wildman–Crippen MR) is 53.1 cm³/mol. The Morgan fingerprint density at radius 3 is 3.00 bits per heavy atom. The van der Waals surface area contributed by atoms with Crippen LogP contribution in [0.5, 0.6) is 0 Å². The Balaban J connectivity index is 2.07. The van der Waals surface area contributed by atoms with Gasteiger partial charge >= 0.3 is 10.3 Å². The first-order valence-corrected chi connectivity index (χ1v) is 6.24. The summed E-state index contributed by atoms with van der Waals surface area (Å²) in [5, 5.41) is 4.72. The second-order valence-electron chi connectivity index (χ2n) is 3.55. The van der Waals surface area contributed by atoms with E-state index >= 15 is 0 Å². The Kier molecular flexibility index (Phi) is 2.76. The Morgan fingerprint density at radius 1 is 1.53 bits per heavy atom. The molecule has 1 aliphatic heterocycles. The molecule has 0 bridgehead atoms. The normalized spacial score (nSPS) is 16.3. The zero-order valence-electron chi connectivity index (χ0n) is 8.22. The van der Waals surface area contributed by atoms with Gasteiger partial charge in [0.25, 0.3) is 0 Å². The van der Waals surface area contributed by atoms with E-state index in [4.69, 9.17) is 5.14 Å². The minimum atomic E-state index is -3.87. The summed E-state index contributed by atoms with van der Waals surface area (Å²) in [4.78, 5) is 4.27. The molecule has 0 fully saturated rings. The maximum absolute atomic E-state index is 10.6. The average Bonchev–Trinajstić information content (AvgIpc) is 2.56. The van der Waals surface area contributed by atoms with E-state index in [0.717, 1.165) is 31.6 Å². The second-order valence-corrected chi connectivity index (χ2v) is 4.78. The highest BCUT2D eigenvalue weighted by atomic mass is 32.2. The molecule has 0 aromatic carbocycles. The number of aryl methyl sites for hydroxylation is 2. The molecule has 7 heteroatoms. The molecule has 0 aliphatic carbocycles. The summed E-state index contributed by atoms with van der Waals surface area (Å²) < 4.78 is 27.6. The van der Waals surface area contributed by atoms with Crippen LogP contribution in [0, 0.1) is 0 Å². The summed E-state index contributed by atoms with van der Waals surface area (Å²) in [7, 11) is -3.87. The van der Waals surface area contributed by atoms with Crippen molar-refractivity contribution in [2.45, 2.75) is 32.4 Å². The van der Waals surface area contributed by atoms with Crippen molar-refractivity contribution >= 4 is 10.3 Å². The first-order valence-electron chi connectivity index (χ1n) is 4.77. The van der Waals surface area contributed by atoms with Crippen LogP contribution in [0.2, 0.25) is 0 Å². The van der Waals surface area contributed by atoms with E-state index in [1.807, 2.05) is 10.8 Å². The summed E-state index contributed by atoms with van der Waals surface area (Å²) in [6, 6.07) is 0. The van der Waals surface area contributed by atoms with Crippen LogP contribution in [0.4, 0.5) is 0 Å². The van der Waals surface area contributed by atoms with E-state index in [0.29, 0.717) is 5.69 Å². The molecule has 0 amide bonds. The SMILES string of the molecule is NS(=O)(=O)OCc1cn2c(n1)CCCC2. The number of nitrogens with zero attached hydrogens (tertiary/aromatic N) is 2. The fourth-order valence-electron chi connectivity index (χ4n) is 1.68. The van der Waals surface area contributed by atoms with Crippen molar-refractivity contribution in [3.63, 3.8) is 0 Å². The van der Waals surface area contributed by atoms with Gasteiger partial charge in [0.1, 0.15) is 12.4 Å². The number of imidazole rings is 1. The zero-order valence-corrected chi connectivity index (χ0v) is 9.03. The van der Waals surface area contributed by atoms with Gasteiger partial charge in [-0.2, -0.15) is 8.42 Å². The highest BCUT2D eigenvalue weighted by molar-refractivity contribution is 7.84. The summed E-state index contributed by atoms with van der Waals surface area (Å²) in [5.74, 6) is 0.995. The standard InChI is InChI=1S/C8H13N3O3S/c9-15(12,13)14-6-7-5-11-4-2-1-3-8(11)10-7/h5H,1-4,6H2,(H2,9,12,13).